The summed E-state index contributed by atoms with van der Waals surface area (Å²) >= 11 is 8.30. The molecule has 0 unspecified atom stereocenters. The van der Waals surface area contributed by atoms with Gasteiger partial charge in [-0.1, -0.05) is 15.9 Å². The van der Waals surface area contributed by atoms with Crippen LogP contribution in [0.4, 0.5) is 0 Å². The van der Waals surface area contributed by atoms with Crippen LogP contribution in [0.5, 0.6) is 0 Å². The highest BCUT2D eigenvalue weighted by atomic mass is 79.9. The van der Waals surface area contributed by atoms with Crippen LogP contribution in [0.2, 0.25) is 0 Å². The third-order valence-corrected chi connectivity index (χ3v) is 5.32. The minimum absolute atomic E-state index is 0.195. The van der Waals surface area contributed by atoms with Crippen LogP contribution >= 0.6 is 43.2 Å². The highest BCUT2D eigenvalue weighted by Gasteiger charge is 2.15. The number of aromatic carboxylic acids is 1. The zero-order chi connectivity index (χ0) is 15.1. The highest BCUT2D eigenvalue weighted by Crippen LogP contribution is 2.35. The van der Waals surface area contributed by atoms with Crippen LogP contribution in [0, 0.1) is 6.92 Å². The third kappa shape index (κ3) is 2.63. The van der Waals surface area contributed by atoms with E-state index < -0.39 is 5.97 Å². The Kier molecular flexibility index (Phi) is 3.86. The number of carboxylic acid groups (broad SMARTS) is 1. The molecule has 2 aromatic heterocycles. The van der Waals surface area contributed by atoms with E-state index in [1.807, 2.05) is 18.2 Å². The summed E-state index contributed by atoms with van der Waals surface area (Å²) in [5.41, 5.74) is 2.14. The molecule has 0 aliphatic carbocycles. The zero-order valence-electron chi connectivity index (χ0n) is 10.8. The van der Waals surface area contributed by atoms with Crippen LogP contribution in [0.15, 0.2) is 38.6 Å². The summed E-state index contributed by atoms with van der Waals surface area (Å²) in [6.45, 7) is 1.77. The van der Waals surface area contributed by atoms with Gasteiger partial charge in [-0.2, -0.15) is 0 Å². The SMILES string of the molecule is Cc1c(-c2ccc(Br)s2)nc2ccc(Br)cc2c1C(=O)[O-]. The molecule has 1 aromatic carbocycles. The molecule has 106 valence electrons. The van der Waals surface area contributed by atoms with Crippen molar-refractivity contribution in [1.82, 2.24) is 4.98 Å². The predicted octanol–water partition coefficient (Wildman–Crippen LogP) is 4.16. The molecule has 0 saturated carbocycles. The van der Waals surface area contributed by atoms with Crippen LogP contribution in [-0.4, -0.2) is 11.0 Å². The normalized spacial score (nSPS) is 11.0. The van der Waals surface area contributed by atoms with Gasteiger partial charge in [0.15, 0.2) is 0 Å². The van der Waals surface area contributed by atoms with Crippen molar-refractivity contribution in [1.29, 1.82) is 0 Å². The van der Waals surface area contributed by atoms with Crippen LogP contribution in [0.1, 0.15) is 15.9 Å². The van der Waals surface area contributed by atoms with Crippen molar-refractivity contribution >= 4 is 60.1 Å². The molecule has 0 N–H and O–H groups in total. The summed E-state index contributed by atoms with van der Waals surface area (Å²) in [5, 5.41) is 12.2. The second kappa shape index (κ2) is 5.51. The second-order valence-electron chi connectivity index (χ2n) is 4.51. The Morgan fingerprint density at radius 1 is 1.24 bits per heavy atom. The lowest BCUT2D eigenvalue weighted by molar-refractivity contribution is -0.254. The van der Waals surface area contributed by atoms with E-state index in [0.29, 0.717) is 22.2 Å². The van der Waals surface area contributed by atoms with Crippen LogP contribution in [-0.2, 0) is 0 Å². The average molecular weight is 426 g/mol. The molecule has 3 rings (SSSR count). The van der Waals surface area contributed by atoms with E-state index in [9.17, 15) is 9.90 Å². The van der Waals surface area contributed by atoms with Crippen LogP contribution in [0.25, 0.3) is 21.5 Å². The van der Waals surface area contributed by atoms with Crippen molar-refractivity contribution in [3.8, 4) is 10.6 Å². The lowest BCUT2D eigenvalue weighted by Crippen LogP contribution is -2.24. The molecule has 0 bridgehead atoms. The van der Waals surface area contributed by atoms with E-state index in [0.717, 1.165) is 13.1 Å². The first-order valence-electron chi connectivity index (χ1n) is 6.04. The van der Waals surface area contributed by atoms with Gasteiger partial charge >= 0.3 is 0 Å². The third-order valence-electron chi connectivity index (χ3n) is 3.20. The quantitative estimate of drug-likeness (QED) is 0.619. The Morgan fingerprint density at radius 2 is 2.00 bits per heavy atom. The van der Waals surface area contributed by atoms with Gasteiger partial charge in [0.1, 0.15) is 0 Å². The van der Waals surface area contributed by atoms with Gasteiger partial charge in [0.2, 0.25) is 0 Å². The van der Waals surface area contributed by atoms with Gasteiger partial charge in [-0.15, -0.1) is 11.3 Å². The molecule has 3 aromatic rings. The Morgan fingerprint density at radius 3 is 2.62 bits per heavy atom. The second-order valence-corrected chi connectivity index (χ2v) is 7.89. The standard InChI is InChI=1S/C15H9Br2NO2S/c1-7-13(15(19)20)9-6-8(16)2-3-10(9)18-14(7)11-4-5-12(17)21-11/h2-6H,1H3,(H,19,20)/p-1. The number of benzene rings is 1. The van der Waals surface area contributed by atoms with E-state index >= 15 is 0 Å². The smallest absolute Gasteiger partial charge is 0.0845 e. The first-order chi connectivity index (χ1) is 9.97. The zero-order valence-corrected chi connectivity index (χ0v) is 14.8. The van der Waals surface area contributed by atoms with Crippen LogP contribution < -0.4 is 5.11 Å². The summed E-state index contributed by atoms with van der Waals surface area (Å²) < 4.78 is 1.79. The fraction of sp³-hybridized carbons (Fsp3) is 0.0667. The van der Waals surface area contributed by atoms with E-state index in [1.54, 1.807) is 19.1 Å². The number of rotatable bonds is 2. The van der Waals surface area contributed by atoms with Gasteiger partial charge in [0.05, 0.1) is 25.8 Å². The molecule has 21 heavy (non-hydrogen) atoms. The van der Waals surface area contributed by atoms with Crippen molar-refractivity contribution in [2.75, 3.05) is 0 Å². The Labute approximate surface area is 141 Å². The van der Waals surface area contributed by atoms with E-state index in [-0.39, 0.29) is 5.56 Å². The maximum Gasteiger partial charge on any atom is 0.0845 e. The van der Waals surface area contributed by atoms with Gasteiger partial charge in [-0.25, -0.2) is 4.98 Å². The predicted molar refractivity (Wildman–Crippen MR) is 89.5 cm³/mol. The molecule has 0 radical (unpaired) electrons. The first-order valence-corrected chi connectivity index (χ1v) is 8.44. The summed E-state index contributed by atoms with van der Waals surface area (Å²) in [6, 6.07) is 9.25. The van der Waals surface area contributed by atoms with Crippen molar-refractivity contribution in [3.05, 3.63) is 49.7 Å². The largest absolute Gasteiger partial charge is 0.545 e. The number of fused-ring (bicyclic) bond motifs is 1. The fourth-order valence-corrected chi connectivity index (χ4v) is 4.07. The average Bonchev–Trinajstić information content (AvgIpc) is 2.84. The van der Waals surface area contributed by atoms with E-state index in [4.69, 9.17) is 0 Å². The van der Waals surface area contributed by atoms with Gasteiger partial charge in [0, 0.05) is 15.4 Å². The first kappa shape index (κ1) is 14.7. The topological polar surface area (TPSA) is 53.0 Å². The van der Waals surface area contributed by atoms with Crippen molar-refractivity contribution in [3.63, 3.8) is 0 Å². The molecule has 0 amide bonds. The summed E-state index contributed by atoms with van der Waals surface area (Å²) in [5.74, 6) is -1.19. The maximum absolute atomic E-state index is 11.6. The fourth-order valence-electron chi connectivity index (χ4n) is 2.28. The molecule has 0 aliphatic heterocycles. The molecule has 6 heteroatoms. The molecule has 2 heterocycles. The Hall–Kier alpha value is -1.24. The molecule has 3 nitrogen and oxygen atoms in total. The summed E-state index contributed by atoms with van der Waals surface area (Å²) in [7, 11) is 0. The molecule has 0 saturated heterocycles. The monoisotopic (exact) mass is 424 g/mol. The number of thiophene rings is 1. The minimum atomic E-state index is -1.19. The summed E-state index contributed by atoms with van der Waals surface area (Å²) in [4.78, 5) is 17.1. The minimum Gasteiger partial charge on any atom is -0.545 e. The summed E-state index contributed by atoms with van der Waals surface area (Å²) in [6.07, 6.45) is 0. The lowest BCUT2D eigenvalue weighted by atomic mass is 10.0. The number of hydrogen-bond acceptors (Lipinski definition) is 4. The lowest BCUT2D eigenvalue weighted by Gasteiger charge is -2.14. The van der Waals surface area contributed by atoms with Crippen LogP contribution in [0.3, 0.4) is 0 Å². The molecule has 0 fully saturated rings. The van der Waals surface area contributed by atoms with E-state index in [2.05, 4.69) is 36.8 Å². The van der Waals surface area contributed by atoms with Crippen molar-refractivity contribution < 1.29 is 9.90 Å². The number of carbonyl (C=O) groups excluding carboxylic acids is 1. The highest BCUT2D eigenvalue weighted by molar-refractivity contribution is 9.11. The molecular formula is C15H8Br2NO2S-. The number of carboxylic acids is 1. The Balaban J connectivity index is 2.40. The number of hydrogen-bond donors (Lipinski definition) is 0. The van der Waals surface area contributed by atoms with Crippen molar-refractivity contribution in [2.45, 2.75) is 6.92 Å². The van der Waals surface area contributed by atoms with E-state index in [1.165, 1.54) is 11.3 Å². The molecule has 0 atom stereocenters. The molecule has 0 aliphatic rings. The van der Waals surface area contributed by atoms with Gasteiger partial charge < -0.3 is 9.90 Å². The van der Waals surface area contributed by atoms with Gasteiger partial charge in [-0.3, -0.25) is 0 Å². The number of nitrogens with zero attached hydrogens (tertiary/aromatic N) is 1. The number of carbonyl (C=O) groups is 1. The van der Waals surface area contributed by atoms with Crippen molar-refractivity contribution in [2.24, 2.45) is 0 Å². The molecule has 0 spiro atoms. The number of pyridine rings is 1. The Bertz CT molecular complexity index is 873. The van der Waals surface area contributed by atoms with Gasteiger partial charge in [-0.05, 0) is 58.7 Å². The number of aromatic nitrogens is 1. The maximum atomic E-state index is 11.6. The molecular weight excluding hydrogens is 418 g/mol. The number of halogens is 2. The van der Waals surface area contributed by atoms with Gasteiger partial charge in [0.25, 0.3) is 0 Å².